The minimum Gasteiger partial charge on any atom is -0.440 e. The number of hydrogen-bond donors (Lipinski definition) is 1. The van der Waals surface area contributed by atoms with E-state index in [0.29, 0.717) is 16.3 Å². The molecule has 0 spiro atoms. The molecule has 3 rings (SSSR count). The first-order valence-corrected chi connectivity index (χ1v) is 7.43. The van der Waals surface area contributed by atoms with Gasteiger partial charge in [-0.15, -0.1) is 0 Å². The van der Waals surface area contributed by atoms with Crippen LogP contribution < -0.4 is 10.2 Å². The van der Waals surface area contributed by atoms with E-state index < -0.39 is 0 Å². The van der Waals surface area contributed by atoms with Gasteiger partial charge in [0.15, 0.2) is 0 Å². The van der Waals surface area contributed by atoms with E-state index >= 15 is 0 Å². The van der Waals surface area contributed by atoms with Crippen LogP contribution in [0.2, 0.25) is 0 Å². The summed E-state index contributed by atoms with van der Waals surface area (Å²) in [5, 5.41) is 4.09. The van der Waals surface area contributed by atoms with Crippen molar-refractivity contribution in [3.63, 3.8) is 0 Å². The van der Waals surface area contributed by atoms with Crippen molar-refractivity contribution >= 4 is 23.7 Å². The van der Waals surface area contributed by atoms with Gasteiger partial charge in [-0.25, -0.2) is 4.98 Å². The molecular weight excluding hydrogens is 276 g/mol. The number of aromatic nitrogens is 4. The van der Waals surface area contributed by atoms with Gasteiger partial charge in [-0.1, -0.05) is 0 Å². The Morgan fingerprint density at radius 1 is 1.20 bits per heavy atom. The number of anilines is 2. The summed E-state index contributed by atoms with van der Waals surface area (Å²) >= 11 is 1.30. The molecule has 0 bridgehead atoms. The smallest absolute Gasteiger partial charge is 0.263 e. The molecule has 1 fully saturated rings. The summed E-state index contributed by atoms with van der Waals surface area (Å²) in [6.07, 6.45) is 6.78. The number of piperidine rings is 1. The van der Waals surface area contributed by atoms with Crippen LogP contribution in [0.4, 0.5) is 11.9 Å². The minimum absolute atomic E-state index is 0.530. The van der Waals surface area contributed by atoms with Gasteiger partial charge in [0.05, 0.1) is 6.20 Å². The molecule has 0 atom stereocenters. The predicted octanol–water partition coefficient (Wildman–Crippen LogP) is 2.04. The molecule has 0 saturated carbocycles. The van der Waals surface area contributed by atoms with Gasteiger partial charge in [-0.05, 0) is 19.3 Å². The zero-order valence-corrected chi connectivity index (χ0v) is 12.1. The van der Waals surface area contributed by atoms with Crippen LogP contribution in [0.25, 0.3) is 0 Å². The fourth-order valence-electron chi connectivity index (χ4n) is 2.08. The zero-order chi connectivity index (χ0) is 13.8. The van der Waals surface area contributed by atoms with Gasteiger partial charge in [-0.2, -0.15) is 15.0 Å². The Morgan fingerprint density at radius 3 is 2.75 bits per heavy atom. The molecule has 1 aliphatic heterocycles. The van der Waals surface area contributed by atoms with Crippen LogP contribution >= 0.6 is 11.8 Å². The fourth-order valence-corrected chi connectivity index (χ4v) is 2.71. The average Bonchev–Trinajstić information content (AvgIpc) is 3.00. The van der Waals surface area contributed by atoms with Crippen LogP contribution in [0.3, 0.4) is 0 Å². The van der Waals surface area contributed by atoms with Gasteiger partial charge in [0.1, 0.15) is 6.26 Å². The Balaban J connectivity index is 1.85. The Kier molecular flexibility index (Phi) is 4.00. The van der Waals surface area contributed by atoms with Crippen LogP contribution in [-0.4, -0.2) is 40.1 Å². The molecule has 0 radical (unpaired) electrons. The second kappa shape index (κ2) is 6.08. The van der Waals surface area contributed by atoms with Crippen LogP contribution in [0, 0.1) is 0 Å². The number of nitrogens with zero attached hydrogens (tertiary/aromatic N) is 5. The van der Waals surface area contributed by atoms with E-state index in [4.69, 9.17) is 4.42 Å². The molecule has 3 heterocycles. The molecule has 106 valence electrons. The standard InChI is InChI=1S/C12H16N6OS/c1-13-9-15-10(18-6-3-2-4-7-18)17-11(16-9)20-12-14-5-8-19-12/h5,8H,2-4,6-7H2,1H3,(H,13,15,16,17). The second-order valence-electron chi connectivity index (χ2n) is 4.44. The molecule has 0 unspecified atom stereocenters. The quantitative estimate of drug-likeness (QED) is 0.917. The summed E-state index contributed by atoms with van der Waals surface area (Å²) in [6.45, 7) is 1.99. The van der Waals surface area contributed by atoms with Gasteiger partial charge in [0.25, 0.3) is 5.22 Å². The third-order valence-electron chi connectivity index (χ3n) is 3.05. The van der Waals surface area contributed by atoms with Crippen LogP contribution in [0.15, 0.2) is 27.3 Å². The summed E-state index contributed by atoms with van der Waals surface area (Å²) in [4.78, 5) is 19.5. The highest BCUT2D eigenvalue weighted by atomic mass is 32.2. The maximum absolute atomic E-state index is 5.21. The van der Waals surface area contributed by atoms with Crippen molar-refractivity contribution in [1.82, 2.24) is 19.9 Å². The lowest BCUT2D eigenvalue weighted by atomic mass is 10.1. The SMILES string of the molecule is CNc1nc(Sc2ncco2)nc(N2CCCCC2)n1. The molecule has 2 aromatic rings. The Labute approximate surface area is 121 Å². The molecule has 1 saturated heterocycles. The van der Waals surface area contributed by atoms with E-state index in [1.165, 1.54) is 37.3 Å². The number of oxazole rings is 1. The molecule has 1 N–H and O–H groups in total. The highest BCUT2D eigenvalue weighted by molar-refractivity contribution is 7.98. The average molecular weight is 292 g/mol. The lowest BCUT2D eigenvalue weighted by Crippen LogP contribution is -2.31. The summed E-state index contributed by atoms with van der Waals surface area (Å²) in [6, 6.07) is 0. The van der Waals surface area contributed by atoms with Crippen LogP contribution in [0.5, 0.6) is 0 Å². The summed E-state index contributed by atoms with van der Waals surface area (Å²) < 4.78 is 5.21. The molecule has 1 aliphatic rings. The molecule has 0 aromatic carbocycles. The fraction of sp³-hybridized carbons (Fsp3) is 0.500. The van der Waals surface area contributed by atoms with E-state index in [0.717, 1.165) is 19.0 Å². The number of rotatable bonds is 4. The molecule has 8 heteroatoms. The lowest BCUT2D eigenvalue weighted by Gasteiger charge is -2.26. The highest BCUT2D eigenvalue weighted by Crippen LogP contribution is 2.25. The molecule has 7 nitrogen and oxygen atoms in total. The monoisotopic (exact) mass is 292 g/mol. The molecule has 20 heavy (non-hydrogen) atoms. The topological polar surface area (TPSA) is 80.0 Å². The summed E-state index contributed by atoms with van der Waals surface area (Å²) in [5.41, 5.74) is 0. The first-order valence-electron chi connectivity index (χ1n) is 6.61. The van der Waals surface area contributed by atoms with E-state index in [-0.39, 0.29) is 0 Å². The number of nitrogens with one attached hydrogen (secondary N) is 1. The first kappa shape index (κ1) is 13.2. The molecular formula is C12H16N6OS. The largest absolute Gasteiger partial charge is 0.440 e. The third kappa shape index (κ3) is 3.01. The van der Waals surface area contributed by atoms with Crippen molar-refractivity contribution in [2.45, 2.75) is 29.6 Å². The van der Waals surface area contributed by atoms with Gasteiger partial charge in [0.2, 0.25) is 17.1 Å². The van der Waals surface area contributed by atoms with E-state index in [1.807, 2.05) is 0 Å². The van der Waals surface area contributed by atoms with Crippen molar-refractivity contribution in [2.75, 3.05) is 30.4 Å². The zero-order valence-electron chi connectivity index (χ0n) is 11.2. The lowest BCUT2D eigenvalue weighted by molar-refractivity contribution is 0.453. The molecule has 0 amide bonds. The molecule has 0 aliphatic carbocycles. The van der Waals surface area contributed by atoms with Gasteiger partial charge >= 0.3 is 0 Å². The van der Waals surface area contributed by atoms with Gasteiger partial charge in [0, 0.05) is 31.9 Å². The van der Waals surface area contributed by atoms with Crippen LogP contribution in [-0.2, 0) is 0 Å². The van der Waals surface area contributed by atoms with Crippen molar-refractivity contribution in [2.24, 2.45) is 0 Å². The van der Waals surface area contributed by atoms with Crippen molar-refractivity contribution in [1.29, 1.82) is 0 Å². The Morgan fingerprint density at radius 2 is 2.05 bits per heavy atom. The van der Waals surface area contributed by atoms with E-state index in [1.54, 1.807) is 13.2 Å². The predicted molar refractivity (Wildman–Crippen MR) is 76.1 cm³/mol. The van der Waals surface area contributed by atoms with Crippen molar-refractivity contribution in [3.8, 4) is 0 Å². The first-order chi connectivity index (χ1) is 9.85. The third-order valence-corrected chi connectivity index (χ3v) is 3.80. The van der Waals surface area contributed by atoms with Crippen LogP contribution in [0.1, 0.15) is 19.3 Å². The maximum Gasteiger partial charge on any atom is 0.263 e. The Hall–Kier alpha value is -1.83. The van der Waals surface area contributed by atoms with E-state index in [2.05, 4.69) is 30.2 Å². The van der Waals surface area contributed by atoms with Gasteiger partial charge in [-0.3, -0.25) is 0 Å². The normalized spacial score (nSPS) is 15.3. The Bertz CT molecular complexity index is 555. The van der Waals surface area contributed by atoms with Crippen molar-refractivity contribution in [3.05, 3.63) is 12.5 Å². The van der Waals surface area contributed by atoms with Crippen molar-refractivity contribution < 1.29 is 4.42 Å². The second-order valence-corrected chi connectivity index (χ2v) is 5.36. The summed E-state index contributed by atoms with van der Waals surface area (Å²) in [7, 11) is 1.80. The summed E-state index contributed by atoms with van der Waals surface area (Å²) in [5.74, 6) is 1.28. The maximum atomic E-state index is 5.21. The van der Waals surface area contributed by atoms with E-state index in [9.17, 15) is 0 Å². The number of hydrogen-bond acceptors (Lipinski definition) is 8. The van der Waals surface area contributed by atoms with Gasteiger partial charge < -0.3 is 14.6 Å². The molecule has 2 aromatic heterocycles. The minimum atomic E-state index is 0.530. The highest BCUT2D eigenvalue weighted by Gasteiger charge is 2.17.